The number of esters is 2. The molecule has 290 valence electrons. The molecular weight excluding hydrogens is 762 g/mol. The van der Waals surface area contributed by atoms with Crippen molar-refractivity contribution < 1.29 is 46.4 Å². The number of hydrogen-bond donors (Lipinski definition) is 1. The van der Waals surface area contributed by atoms with Crippen molar-refractivity contribution in [2.24, 2.45) is 11.8 Å². The number of piperidine rings is 3. The highest BCUT2D eigenvalue weighted by Crippen LogP contribution is 2.38. The van der Waals surface area contributed by atoms with E-state index in [2.05, 4.69) is 15.0 Å². The van der Waals surface area contributed by atoms with E-state index in [1.807, 2.05) is 0 Å². The van der Waals surface area contributed by atoms with E-state index < -0.39 is 36.5 Å². The minimum atomic E-state index is -3.12. The van der Waals surface area contributed by atoms with E-state index in [0.29, 0.717) is 22.4 Å². The lowest BCUT2D eigenvalue weighted by atomic mass is 9.86. The van der Waals surface area contributed by atoms with Gasteiger partial charge in [-0.15, -0.1) is 0 Å². The minimum absolute atomic E-state index is 0.00659. The Labute approximate surface area is 325 Å². The van der Waals surface area contributed by atoms with Crippen LogP contribution in [0.15, 0.2) is 79.1 Å². The molecule has 0 amide bonds. The van der Waals surface area contributed by atoms with E-state index in [0.717, 1.165) is 57.2 Å². The lowest BCUT2D eigenvalue weighted by molar-refractivity contribution is -0.605. The monoisotopic (exact) mass is 799 g/mol. The molecule has 0 spiro atoms. The largest absolute Gasteiger partial charge is 0.619 e. The summed E-state index contributed by atoms with van der Waals surface area (Å²) in [6.07, 6.45) is 4.39. The number of alkyl halides is 2. The van der Waals surface area contributed by atoms with E-state index in [1.165, 1.54) is 30.3 Å². The molecule has 1 saturated carbocycles. The number of nitrogens with one attached hydrogen (secondary N) is 1. The normalized spacial score (nSPS) is 20.1. The van der Waals surface area contributed by atoms with E-state index in [-0.39, 0.29) is 69.3 Å². The Hall–Kier alpha value is -4.72. The SMILES string of the molecule is O=C(OC(Cc1c(Cl)c[n+]([O-])cc1Cl)c1ccc(OC(F)F)c(OCC2CC2)c1)c1ccc(NC(C(=O)O[C@H]2CN3CCC2CC3)c2ccccc2)c(F)c1. The third kappa shape index (κ3) is 9.57. The van der Waals surface area contributed by atoms with Crippen molar-refractivity contribution in [3.8, 4) is 11.5 Å². The Morgan fingerprint density at radius 1 is 0.927 bits per heavy atom. The number of nitrogens with zero attached hydrogens (tertiary/aromatic N) is 2. The maximum atomic E-state index is 15.9. The van der Waals surface area contributed by atoms with Crippen molar-refractivity contribution in [1.82, 2.24) is 4.90 Å². The van der Waals surface area contributed by atoms with Crippen LogP contribution in [0.1, 0.15) is 64.9 Å². The zero-order valence-electron chi connectivity index (χ0n) is 29.5. The summed E-state index contributed by atoms with van der Waals surface area (Å²) in [6.45, 7) is -0.223. The standard InChI is InChI=1S/C40H38Cl2F3N3O7/c41-29-19-48(51)20-30(42)28(29)18-34(26-9-11-33(55-40(44)45)35(17-26)52-22-23-6-7-23)53-38(49)27-8-10-32(31(43)16-27)46-37(25-4-2-1-3-5-25)39(50)54-36-21-47-14-12-24(36)13-15-47/h1-5,8-11,16-17,19-20,23-24,34,36-37,40,46H,6-7,12-15,18,21-22H2/t34?,36-,37?/m0/s1. The Morgan fingerprint density at radius 3 is 2.29 bits per heavy atom. The minimum Gasteiger partial charge on any atom is -0.619 e. The van der Waals surface area contributed by atoms with Crippen molar-refractivity contribution in [3.05, 3.63) is 122 Å². The first kappa shape index (κ1) is 38.6. The number of anilines is 1. The van der Waals surface area contributed by atoms with Crippen LogP contribution in [0.5, 0.6) is 11.5 Å². The van der Waals surface area contributed by atoms with Crippen LogP contribution in [-0.2, 0) is 20.7 Å². The summed E-state index contributed by atoms with van der Waals surface area (Å²) in [5, 5.41) is 14.9. The van der Waals surface area contributed by atoms with E-state index >= 15 is 4.39 Å². The van der Waals surface area contributed by atoms with Gasteiger partial charge < -0.3 is 29.5 Å². The van der Waals surface area contributed by atoms with Gasteiger partial charge in [0, 0.05) is 18.5 Å². The summed E-state index contributed by atoms with van der Waals surface area (Å²) in [6, 6.07) is 15.6. The van der Waals surface area contributed by atoms with Crippen LogP contribution in [0.2, 0.25) is 10.0 Å². The molecule has 3 aromatic carbocycles. The molecule has 1 aliphatic carbocycles. The average Bonchev–Trinajstić information content (AvgIpc) is 4.00. The molecule has 4 fully saturated rings. The second kappa shape index (κ2) is 17.0. The Morgan fingerprint density at radius 2 is 1.65 bits per heavy atom. The van der Waals surface area contributed by atoms with Gasteiger partial charge in [0.1, 0.15) is 28.1 Å². The molecule has 10 nitrogen and oxygen atoms in total. The van der Waals surface area contributed by atoms with Gasteiger partial charge in [0.05, 0.1) is 17.9 Å². The van der Waals surface area contributed by atoms with Gasteiger partial charge in [-0.3, -0.25) is 4.90 Å². The van der Waals surface area contributed by atoms with Gasteiger partial charge in [-0.1, -0.05) is 59.6 Å². The molecule has 3 saturated heterocycles. The Balaban J connectivity index is 1.13. The first-order chi connectivity index (χ1) is 26.5. The summed E-state index contributed by atoms with van der Waals surface area (Å²) in [7, 11) is 0. The predicted octanol–water partition coefficient (Wildman–Crippen LogP) is 8.09. The van der Waals surface area contributed by atoms with Crippen LogP contribution in [0, 0.1) is 22.9 Å². The van der Waals surface area contributed by atoms with Crippen LogP contribution < -0.4 is 19.5 Å². The van der Waals surface area contributed by atoms with Crippen molar-refractivity contribution >= 4 is 40.8 Å². The maximum absolute atomic E-state index is 15.9. The summed E-state index contributed by atoms with van der Waals surface area (Å²) in [5.74, 6) is -1.95. The number of aromatic nitrogens is 1. The highest BCUT2D eigenvalue weighted by molar-refractivity contribution is 6.35. The number of hydrogen-bond acceptors (Lipinski definition) is 9. The molecule has 55 heavy (non-hydrogen) atoms. The van der Waals surface area contributed by atoms with E-state index in [1.54, 1.807) is 30.3 Å². The van der Waals surface area contributed by atoms with Crippen molar-refractivity contribution in [2.45, 2.75) is 57.0 Å². The molecule has 3 atom stereocenters. The van der Waals surface area contributed by atoms with Gasteiger partial charge >= 0.3 is 18.6 Å². The first-order valence-electron chi connectivity index (χ1n) is 18.0. The van der Waals surface area contributed by atoms with Crippen molar-refractivity contribution in [1.29, 1.82) is 0 Å². The highest BCUT2D eigenvalue weighted by atomic mass is 35.5. The molecule has 15 heteroatoms. The molecule has 1 N–H and O–H groups in total. The second-order valence-corrected chi connectivity index (χ2v) is 14.8. The van der Waals surface area contributed by atoms with Gasteiger partial charge in [0.25, 0.3) is 0 Å². The lowest BCUT2D eigenvalue weighted by Crippen LogP contribution is -2.52. The molecule has 1 aromatic heterocycles. The third-order valence-corrected chi connectivity index (χ3v) is 10.8. The molecule has 3 aliphatic heterocycles. The zero-order chi connectivity index (χ0) is 38.6. The number of fused-ring (bicyclic) bond motifs is 3. The maximum Gasteiger partial charge on any atom is 0.387 e. The summed E-state index contributed by atoms with van der Waals surface area (Å²) in [5.41, 5.74) is 0.936. The quantitative estimate of drug-likeness (QED) is 0.0725. The van der Waals surface area contributed by atoms with E-state index in [4.69, 9.17) is 37.4 Å². The van der Waals surface area contributed by atoms with Gasteiger partial charge in [0.2, 0.25) is 0 Å². The van der Waals surface area contributed by atoms with Gasteiger partial charge in [-0.2, -0.15) is 13.5 Å². The summed E-state index contributed by atoms with van der Waals surface area (Å²) in [4.78, 5) is 29.6. The van der Waals surface area contributed by atoms with Crippen LogP contribution >= 0.6 is 23.2 Å². The first-order valence-corrected chi connectivity index (χ1v) is 18.8. The zero-order valence-corrected chi connectivity index (χ0v) is 31.0. The van der Waals surface area contributed by atoms with Crippen LogP contribution in [0.3, 0.4) is 0 Å². The molecule has 0 radical (unpaired) electrons. The smallest absolute Gasteiger partial charge is 0.387 e. The number of carbonyl (C=O) groups is 2. The number of rotatable bonds is 15. The Bertz CT molecular complexity index is 1990. The van der Waals surface area contributed by atoms with Gasteiger partial charge in [0.15, 0.2) is 29.9 Å². The van der Waals surface area contributed by atoms with Crippen LogP contribution in [0.4, 0.5) is 18.9 Å². The fourth-order valence-corrected chi connectivity index (χ4v) is 7.56. The number of ether oxygens (including phenoxy) is 4. The van der Waals surface area contributed by atoms with Crippen LogP contribution in [-0.4, -0.2) is 55.8 Å². The topological polar surface area (TPSA) is 113 Å². The van der Waals surface area contributed by atoms with Crippen molar-refractivity contribution in [2.75, 3.05) is 31.6 Å². The second-order valence-electron chi connectivity index (χ2n) is 14.0. The molecular formula is C40H38Cl2F3N3O7. The van der Waals surface area contributed by atoms with Gasteiger partial charge in [-0.05, 0) is 92.1 Å². The highest BCUT2D eigenvalue weighted by Gasteiger charge is 2.38. The lowest BCUT2D eigenvalue weighted by Gasteiger charge is -2.44. The average molecular weight is 801 g/mol. The summed E-state index contributed by atoms with van der Waals surface area (Å²) >= 11 is 12.8. The molecule has 4 aliphatic rings. The molecule has 8 rings (SSSR count). The van der Waals surface area contributed by atoms with Crippen molar-refractivity contribution in [3.63, 3.8) is 0 Å². The number of halogens is 5. The third-order valence-electron chi connectivity index (χ3n) is 10.2. The number of pyridine rings is 1. The fourth-order valence-electron chi connectivity index (χ4n) is 6.96. The Kier molecular flexibility index (Phi) is 11.9. The van der Waals surface area contributed by atoms with Crippen LogP contribution in [0.25, 0.3) is 0 Å². The number of carbonyl (C=O) groups excluding carboxylic acids is 2. The van der Waals surface area contributed by atoms with E-state index in [9.17, 15) is 23.6 Å². The number of benzene rings is 3. The predicted molar refractivity (Wildman–Crippen MR) is 197 cm³/mol. The molecule has 2 unspecified atom stereocenters. The fraction of sp³-hybridized carbons (Fsp3) is 0.375. The molecule has 4 heterocycles. The molecule has 2 bridgehead atoms. The molecule has 4 aromatic rings. The van der Waals surface area contributed by atoms with Gasteiger partial charge in [-0.25, -0.2) is 14.0 Å². The summed E-state index contributed by atoms with van der Waals surface area (Å²) < 4.78 is 65.2.